The third-order valence-corrected chi connectivity index (χ3v) is 6.95. The van der Waals surface area contributed by atoms with Crippen molar-refractivity contribution in [3.63, 3.8) is 0 Å². The highest BCUT2D eigenvalue weighted by Crippen LogP contribution is 2.42. The standard InChI is InChI=1S/C32H39N3O6/c1-5-17-40-25-9-6-8-24(19-25)30(36)28-29(23-10-11-26(27(20-23)39-4)41-18-12-22(2)3)35(32(38)31(28)37)15-7-14-34-16-13-33-21-34/h6,8-11,13,16,19-22,29,36H,5,7,12,14-15,17-18H2,1-4H3. The first-order valence-electron chi connectivity index (χ1n) is 14.1. The lowest BCUT2D eigenvalue weighted by Crippen LogP contribution is -2.31. The Morgan fingerprint density at radius 3 is 2.59 bits per heavy atom. The number of Topliss-reactive ketones (excluding diaryl/α,β-unsaturated/α-hetero) is 1. The number of carbonyl (C=O) groups is 2. The Labute approximate surface area is 241 Å². The molecule has 1 saturated heterocycles. The first kappa shape index (κ1) is 29.7. The summed E-state index contributed by atoms with van der Waals surface area (Å²) in [6, 6.07) is 11.5. The lowest BCUT2D eigenvalue weighted by Gasteiger charge is -2.26. The second-order valence-corrected chi connectivity index (χ2v) is 10.5. The molecule has 0 spiro atoms. The fourth-order valence-corrected chi connectivity index (χ4v) is 4.79. The molecular weight excluding hydrogens is 522 g/mol. The molecular formula is C32H39N3O6. The minimum absolute atomic E-state index is 0.0285. The van der Waals surface area contributed by atoms with Gasteiger partial charge in [-0.25, -0.2) is 4.98 Å². The highest BCUT2D eigenvalue weighted by atomic mass is 16.5. The summed E-state index contributed by atoms with van der Waals surface area (Å²) in [5.41, 5.74) is 1.07. The number of likely N-dealkylation sites (tertiary alicyclic amines) is 1. The van der Waals surface area contributed by atoms with Crippen LogP contribution < -0.4 is 14.2 Å². The van der Waals surface area contributed by atoms with Crippen LogP contribution in [0.4, 0.5) is 0 Å². The van der Waals surface area contributed by atoms with E-state index in [1.165, 1.54) is 4.90 Å². The molecule has 1 fully saturated rings. The number of ether oxygens (including phenoxy) is 3. The highest BCUT2D eigenvalue weighted by Gasteiger charge is 2.46. The molecule has 0 aliphatic carbocycles. The van der Waals surface area contributed by atoms with Gasteiger partial charge < -0.3 is 28.8 Å². The van der Waals surface area contributed by atoms with Gasteiger partial charge in [0.25, 0.3) is 11.7 Å². The highest BCUT2D eigenvalue weighted by molar-refractivity contribution is 6.46. The van der Waals surface area contributed by atoms with Crippen molar-refractivity contribution in [3.05, 3.63) is 77.9 Å². The van der Waals surface area contributed by atoms with Crippen LogP contribution in [0, 0.1) is 5.92 Å². The number of hydrogen-bond donors (Lipinski definition) is 1. The maximum atomic E-state index is 13.5. The van der Waals surface area contributed by atoms with E-state index in [-0.39, 0.29) is 11.3 Å². The molecule has 1 unspecified atom stereocenters. The molecule has 1 atom stereocenters. The molecule has 0 bridgehead atoms. The Morgan fingerprint density at radius 1 is 1.05 bits per heavy atom. The minimum Gasteiger partial charge on any atom is -0.507 e. The summed E-state index contributed by atoms with van der Waals surface area (Å²) >= 11 is 0. The van der Waals surface area contributed by atoms with Gasteiger partial charge >= 0.3 is 0 Å². The molecule has 3 aromatic rings. The number of aliphatic hydroxyl groups excluding tert-OH is 1. The van der Waals surface area contributed by atoms with Gasteiger partial charge in [-0.05, 0) is 55.0 Å². The number of hydrogen-bond acceptors (Lipinski definition) is 7. The molecule has 2 heterocycles. The molecule has 0 saturated carbocycles. The van der Waals surface area contributed by atoms with E-state index in [0.29, 0.717) is 67.0 Å². The van der Waals surface area contributed by atoms with Gasteiger partial charge in [-0.15, -0.1) is 0 Å². The zero-order valence-electron chi connectivity index (χ0n) is 24.2. The van der Waals surface area contributed by atoms with Crippen LogP contribution in [0.1, 0.15) is 57.2 Å². The van der Waals surface area contributed by atoms with Gasteiger partial charge in [0.1, 0.15) is 11.5 Å². The number of carbonyl (C=O) groups excluding carboxylic acids is 2. The van der Waals surface area contributed by atoms with Gasteiger partial charge in [0, 0.05) is 31.0 Å². The van der Waals surface area contributed by atoms with Crippen molar-refractivity contribution in [2.45, 2.75) is 52.6 Å². The second kappa shape index (κ2) is 13.9. The minimum atomic E-state index is -0.809. The summed E-state index contributed by atoms with van der Waals surface area (Å²) in [6.07, 6.45) is 7.57. The van der Waals surface area contributed by atoms with Crippen molar-refractivity contribution in [3.8, 4) is 17.2 Å². The Balaban J connectivity index is 1.73. The zero-order chi connectivity index (χ0) is 29.4. The number of methoxy groups -OCH3 is 1. The summed E-state index contributed by atoms with van der Waals surface area (Å²) in [4.78, 5) is 32.5. The molecule has 1 N–H and O–H groups in total. The first-order chi connectivity index (χ1) is 19.8. The topological polar surface area (TPSA) is 103 Å². The number of ketones is 1. The first-order valence-corrected chi connectivity index (χ1v) is 14.1. The van der Waals surface area contributed by atoms with E-state index in [1.807, 2.05) is 23.8 Å². The quantitative estimate of drug-likeness (QED) is 0.155. The smallest absolute Gasteiger partial charge is 0.295 e. The fourth-order valence-electron chi connectivity index (χ4n) is 4.79. The van der Waals surface area contributed by atoms with Gasteiger partial charge in [0.15, 0.2) is 11.5 Å². The number of benzene rings is 2. The van der Waals surface area contributed by atoms with Crippen LogP contribution in [0.15, 0.2) is 66.8 Å². The van der Waals surface area contributed by atoms with Crippen LogP contribution in [0.25, 0.3) is 5.76 Å². The van der Waals surface area contributed by atoms with Crippen molar-refractivity contribution >= 4 is 17.4 Å². The van der Waals surface area contributed by atoms with Crippen molar-refractivity contribution in [2.75, 3.05) is 26.9 Å². The third-order valence-electron chi connectivity index (χ3n) is 6.95. The number of aromatic nitrogens is 2. The number of amides is 1. The fraction of sp³-hybridized carbons (Fsp3) is 0.406. The normalized spacial score (nSPS) is 16.4. The van der Waals surface area contributed by atoms with E-state index in [0.717, 1.165) is 12.8 Å². The Kier molecular flexibility index (Phi) is 10.1. The van der Waals surface area contributed by atoms with Crippen LogP contribution in [-0.4, -0.2) is 58.1 Å². The van der Waals surface area contributed by atoms with Crippen LogP contribution in [0.5, 0.6) is 17.2 Å². The molecule has 9 heteroatoms. The van der Waals surface area contributed by atoms with Gasteiger partial charge in [0.2, 0.25) is 0 Å². The lowest BCUT2D eigenvalue weighted by atomic mass is 9.95. The SMILES string of the molecule is CCCOc1cccc(C(O)=C2C(=O)C(=O)N(CCCn3ccnc3)C2c2ccc(OCCC(C)C)c(OC)c2)c1. The van der Waals surface area contributed by atoms with E-state index in [2.05, 4.69) is 18.8 Å². The van der Waals surface area contributed by atoms with Gasteiger partial charge in [-0.1, -0.05) is 39.0 Å². The maximum absolute atomic E-state index is 13.5. The molecule has 9 nitrogen and oxygen atoms in total. The van der Waals surface area contributed by atoms with E-state index in [4.69, 9.17) is 14.2 Å². The van der Waals surface area contributed by atoms with Crippen molar-refractivity contribution in [1.82, 2.24) is 14.5 Å². The number of aliphatic hydroxyl groups is 1. The molecule has 4 rings (SSSR count). The number of nitrogens with zero attached hydrogens (tertiary/aromatic N) is 3. The Morgan fingerprint density at radius 2 is 1.88 bits per heavy atom. The second-order valence-electron chi connectivity index (χ2n) is 10.5. The van der Waals surface area contributed by atoms with Crippen molar-refractivity contribution < 1.29 is 28.9 Å². The summed E-state index contributed by atoms with van der Waals surface area (Å²) in [5, 5.41) is 11.5. The van der Waals surface area contributed by atoms with E-state index in [9.17, 15) is 14.7 Å². The largest absolute Gasteiger partial charge is 0.507 e. The third kappa shape index (κ3) is 7.09. The average molecular weight is 562 g/mol. The molecule has 1 amide bonds. The summed E-state index contributed by atoms with van der Waals surface area (Å²) in [7, 11) is 1.55. The monoisotopic (exact) mass is 561 g/mol. The Bertz CT molecular complexity index is 1370. The number of aryl methyl sites for hydroxylation is 1. The predicted molar refractivity (Wildman–Crippen MR) is 156 cm³/mol. The molecule has 41 heavy (non-hydrogen) atoms. The molecule has 1 aromatic heterocycles. The van der Waals surface area contributed by atoms with Crippen LogP contribution in [0.2, 0.25) is 0 Å². The van der Waals surface area contributed by atoms with Crippen LogP contribution in [0.3, 0.4) is 0 Å². The Hall–Kier alpha value is -4.27. The van der Waals surface area contributed by atoms with Crippen molar-refractivity contribution in [2.24, 2.45) is 5.92 Å². The molecule has 1 aliphatic rings. The zero-order valence-corrected chi connectivity index (χ0v) is 24.2. The van der Waals surface area contributed by atoms with Gasteiger partial charge in [-0.3, -0.25) is 9.59 Å². The molecule has 218 valence electrons. The number of imidazole rings is 1. The van der Waals surface area contributed by atoms with Crippen molar-refractivity contribution in [1.29, 1.82) is 0 Å². The lowest BCUT2D eigenvalue weighted by molar-refractivity contribution is -0.139. The summed E-state index contributed by atoms with van der Waals surface area (Å²) in [5.74, 6) is 0.506. The summed E-state index contributed by atoms with van der Waals surface area (Å²) in [6.45, 7) is 8.26. The predicted octanol–water partition coefficient (Wildman–Crippen LogP) is 5.62. The molecule has 0 radical (unpaired) electrons. The number of rotatable bonds is 14. The molecule has 2 aromatic carbocycles. The summed E-state index contributed by atoms with van der Waals surface area (Å²) < 4.78 is 19.3. The average Bonchev–Trinajstić information content (AvgIpc) is 3.58. The van der Waals surface area contributed by atoms with Crippen LogP contribution in [-0.2, 0) is 16.1 Å². The van der Waals surface area contributed by atoms with Crippen LogP contribution >= 0.6 is 0 Å². The van der Waals surface area contributed by atoms with E-state index >= 15 is 0 Å². The van der Waals surface area contributed by atoms with E-state index in [1.54, 1.807) is 56.0 Å². The maximum Gasteiger partial charge on any atom is 0.295 e. The van der Waals surface area contributed by atoms with Gasteiger partial charge in [0.05, 0.1) is 38.3 Å². The van der Waals surface area contributed by atoms with Gasteiger partial charge in [-0.2, -0.15) is 0 Å². The van der Waals surface area contributed by atoms with E-state index < -0.39 is 17.7 Å². The molecule has 1 aliphatic heterocycles.